The molecule has 172 valence electrons. The fourth-order valence-electron chi connectivity index (χ4n) is 3.20. The average molecular weight is 557 g/mol. The van der Waals surface area contributed by atoms with Crippen LogP contribution in [0.4, 0.5) is 13.2 Å². The lowest BCUT2D eigenvalue weighted by atomic mass is 10.1. The van der Waals surface area contributed by atoms with E-state index in [2.05, 4.69) is 37.3 Å². The Morgan fingerprint density at radius 2 is 1.75 bits per heavy atom. The van der Waals surface area contributed by atoms with Gasteiger partial charge in [-0.15, -0.1) is 24.0 Å². The number of hydrogen-bond donors (Lipinski definition) is 2. The first-order chi connectivity index (χ1) is 14.8. The molecule has 0 fully saturated rings. The summed E-state index contributed by atoms with van der Waals surface area (Å²) in [6.45, 7) is 3.91. The Hall–Kier alpha value is -2.56. The minimum atomic E-state index is -4.31. The maximum absolute atomic E-state index is 12.6. The molecule has 1 heterocycles. The molecule has 3 rings (SSSR count). The highest BCUT2D eigenvalue weighted by atomic mass is 127. The van der Waals surface area contributed by atoms with Gasteiger partial charge in [0.2, 0.25) is 0 Å². The molecule has 1 aromatic heterocycles. The fraction of sp³-hybridized carbons (Fsp3) is 0.304. The summed E-state index contributed by atoms with van der Waals surface area (Å²) in [5.74, 6) is 1.61. The van der Waals surface area contributed by atoms with Crippen LogP contribution in [0.15, 0.2) is 65.9 Å². The first-order valence-corrected chi connectivity index (χ1v) is 10.0. The van der Waals surface area contributed by atoms with Crippen molar-refractivity contribution in [3.8, 4) is 0 Å². The van der Waals surface area contributed by atoms with E-state index >= 15 is 0 Å². The number of aromatic nitrogens is 2. The Balaban J connectivity index is 0.00000363. The summed E-state index contributed by atoms with van der Waals surface area (Å²) >= 11 is 0. The van der Waals surface area contributed by atoms with E-state index < -0.39 is 11.7 Å². The predicted molar refractivity (Wildman–Crippen MR) is 131 cm³/mol. The quantitative estimate of drug-likeness (QED) is 0.250. The van der Waals surface area contributed by atoms with Gasteiger partial charge in [-0.25, -0.2) is 4.98 Å². The summed E-state index contributed by atoms with van der Waals surface area (Å²) < 4.78 is 40.0. The number of nitrogens with zero attached hydrogens (tertiary/aromatic N) is 3. The van der Waals surface area contributed by atoms with Crippen LogP contribution in [0, 0.1) is 6.92 Å². The molecule has 0 atom stereocenters. The SMILES string of the molecule is CN=C(NCCc1ccc(C(F)(F)F)cc1)NCc1cccc(Cn2ccnc2C)c1.I. The van der Waals surface area contributed by atoms with Gasteiger partial charge in [-0.05, 0) is 42.2 Å². The van der Waals surface area contributed by atoms with Crippen molar-refractivity contribution in [3.05, 3.63) is 89.0 Å². The number of aryl methyl sites for hydroxylation is 1. The molecule has 5 nitrogen and oxygen atoms in total. The van der Waals surface area contributed by atoms with Gasteiger partial charge in [0.15, 0.2) is 5.96 Å². The van der Waals surface area contributed by atoms with E-state index in [0.29, 0.717) is 25.5 Å². The van der Waals surface area contributed by atoms with Gasteiger partial charge in [0, 0.05) is 39.1 Å². The molecule has 0 aliphatic heterocycles. The highest BCUT2D eigenvalue weighted by Crippen LogP contribution is 2.29. The topological polar surface area (TPSA) is 54.2 Å². The first-order valence-electron chi connectivity index (χ1n) is 10.0. The molecule has 0 bridgehead atoms. The van der Waals surface area contributed by atoms with E-state index in [0.717, 1.165) is 35.6 Å². The van der Waals surface area contributed by atoms with Crippen LogP contribution in [0.2, 0.25) is 0 Å². The van der Waals surface area contributed by atoms with Gasteiger partial charge in [0.1, 0.15) is 5.82 Å². The third-order valence-electron chi connectivity index (χ3n) is 4.94. The fourth-order valence-corrected chi connectivity index (χ4v) is 3.20. The second-order valence-electron chi connectivity index (χ2n) is 7.22. The van der Waals surface area contributed by atoms with Crippen LogP contribution in [-0.4, -0.2) is 29.1 Å². The minimum Gasteiger partial charge on any atom is -0.356 e. The van der Waals surface area contributed by atoms with Crippen molar-refractivity contribution < 1.29 is 13.2 Å². The normalized spacial score (nSPS) is 11.7. The summed E-state index contributed by atoms with van der Waals surface area (Å²) in [6.07, 6.45) is 0.0416. The molecule has 3 aromatic rings. The molecule has 0 unspecified atom stereocenters. The maximum atomic E-state index is 12.6. The van der Waals surface area contributed by atoms with E-state index in [4.69, 9.17) is 0 Å². The van der Waals surface area contributed by atoms with Crippen LogP contribution in [0.25, 0.3) is 0 Å². The maximum Gasteiger partial charge on any atom is 0.416 e. The van der Waals surface area contributed by atoms with Crippen LogP contribution >= 0.6 is 24.0 Å². The van der Waals surface area contributed by atoms with E-state index in [-0.39, 0.29) is 24.0 Å². The molecule has 0 spiro atoms. The lowest BCUT2D eigenvalue weighted by Crippen LogP contribution is -2.37. The van der Waals surface area contributed by atoms with Gasteiger partial charge >= 0.3 is 6.18 Å². The first kappa shape index (κ1) is 25.7. The summed E-state index contributed by atoms with van der Waals surface area (Å²) in [5, 5.41) is 6.47. The number of aliphatic imine (C=N–C) groups is 1. The van der Waals surface area contributed by atoms with Crippen molar-refractivity contribution in [1.82, 2.24) is 20.2 Å². The van der Waals surface area contributed by atoms with Crippen molar-refractivity contribution in [1.29, 1.82) is 0 Å². The van der Waals surface area contributed by atoms with Gasteiger partial charge in [-0.2, -0.15) is 13.2 Å². The second-order valence-corrected chi connectivity index (χ2v) is 7.22. The number of guanidine groups is 1. The lowest BCUT2D eigenvalue weighted by molar-refractivity contribution is -0.137. The molecule has 2 N–H and O–H groups in total. The predicted octanol–water partition coefficient (Wildman–Crippen LogP) is 4.78. The number of imidazole rings is 1. The molecular weight excluding hydrogens is 530 g/mol. The summed E-state index contributed by atoms with van der Waals surface area (Å²) in [4.78, 5) is 8.46. The molecule has 0 aliphatic rings. The van der Waals surface area contributed by atoms with Gasteiger partial charge in [0.25, 0.3) is 0 Å². The third-order valence-corrected chi connectivity index (χ3v) is 4.94. The van der Waals surface area contributed by atoms with Gasteiger partial charge in [0.05, 0.1) is 5.56 Å². The highest BCUT2D eigenvalue weighted by molar-refractivity contribution is 14.0. The zero-order valence-corrected chi connectivity index (χ0v) is 20.3. The van der Waals surface area contributed by atoms with Crippen molar-refractivity contribution in [2.24, 2.45) is 4.99 Å². The van der Waals surface area contributed by atoms with Crippen molar-refractivity contribution in [2.45, 2.75) is 32.6 Å². The Bertz CT molecular complexity index is 1010. The molecular formula is C23H27F3IN5. The zero-order chi connectivity index (χ0) is 22.3. The number of benzene rings is 2. The number of halogens is 4. The molecule has 0 saturated heterocycles. The summed E-state index contributed by atoms with van der Waals surface area (Å²) in [7, 11) is 1.69. The Kier molecular flexibility index (Phi) is 9.55. The van der Waals surface area contributed by atoms with Gasteiger partial charge in [-0.1, -0.05) is 36.4 Å². The molecule has 0 amide bonds. The smallest absolute Gasteiger partial charge is 0.356 e. The molecule has 0 saturated carbocycles. The lowest BCUT2D eigenvalue weighted by Gasteiger charge is -2.13. The minimum absolute atomic E-state index is 0. The summed E-state index contributed by atoms with van der Waals surface area (Å²) in [6, 6.07) is 13.5. The van der Waals surface area contributed by atoms with E-state index in [9.17, 15) is 13.2 Å². The molecule has 0 radical (unpaired) electrons. The molecule has 2 aromatic carbocycles. The van der Waals surface area contributed by atoms with Gasteiger partial charge < -0.3 is 15.2 Å². The highest BCUT2D eigenvalue weighted by Gasteiger charge is 2.29. The summed E-state index contributed by atoms with van der Waals surface area (Å²) in [5.41, 5.74) is 2.51. The van der Waals surface area contributed by atoms with E-state index in [1.165, 1.54) is 17.7 Å². The average Bonchev–Trinajstić information content (AvgIpc) is 3.15. The van der Waals surface area contributed by atoms with Crippen molar-refractivity contribution in [2.75, 3.05) is 13.6 Å². The van der Waals surface area contributed by atoms with Gasteiger partial charge in [-0.3, -0.25) is 4.99 Å². The number of hydrogen-bond acceptors (Lipinski definition) is 2. The van der Waals surface area contributed by atoms with Crippen LogP contribution in [0.5, 0.6) is 0 Å². The zero-order valence-electron chi connectivity index (χ0n) is 18.0. The monoisotopic (exact) mass is 557 g/mol. The Morgan fingerprint density at radius 1 is 1.03 bits per heavy atom. The van der Waals surface area contributed by atoms with Crippen molar-refractivity contribution in [3.63, 3.8) is 0 Å². The Labute approximate surface area is 203 Å². The second kappa shape index (κ2) is 11.9. The van der Waals surface area contributed by atoms with Crippen LogP contribution in [-0.2, 0) is 25.7 Å². The van der Waals surface area contributed by atoms with Crippen molar-refractivity contribution >= 4 is 29.9 Å². The largest absolute Gasteiger partial charge is 0.416 e. The van der Waals surface area contributed by atoms with Crippen LogP contribution in [0.3, 0.4) is 0 Å². The standard InChI is InChI=1S/C23H26F3N5.HI/c1-17-28-12-13-31(17)16-20-5-3-4-19(14-20)15-30-22(27-2)29-11-10-18-6-8-21(9-7-18)23(24,25)26;/h3-9,12-14H,10-11,15-16H2,1-2H3,(H2,27,29,30);1H. The van der Waals surface area contributed by atoms with E-state index in [1.54, 1.807) is 13.2 Å². The van der Waals surface area contributed by atoms with E-state index in [1.807, 2.05) is 25.3 Å². The van der Waals surface area contributed by atoms with Crippen LogP contribution < -0.4 is 10.6 Å². The molecule has 0 aliphatic carbocycles. The number of rotatable bonds is 7. The number of nitrogens with one attached hydrogen (secondary N) is 2. The third kappa shape index (κ3) is 7.54. The Morgan fingerprint density at radius 3 is 2.38 bits per heavy atom. The number of alkyl halides is 3. The molecule has 9 heteroatoms. The molecule has 32 heavy (non-hydrogen) atoms. The van der Waals surface area contributed by atoms with Crippen LogP contribution in [0.1, 0.15) is 28.1 Å².